The van der Waals surface area contributed by atoms with E-state index in [1.54, 1.807) is 41.4 Å². The Morgan fingerprint density at radius 2 is 1.33 bits per heavy atom. The molecule has 0 aromatic heterocycles. The molecule has 5 aromatic carbocycles. The lowest BCUT2D eigenvalue weighted by atomic mass is 9.99. The van der Waals surface area contributed by atoms with Crippen molar-refractivity contribution in [3.8, 4) is 17.2 Å². The molecular formula is C56H55N5O11. The average Bonchev–Trinajstić information content (AvgIpc) is 3.88. The molecule has 370 valence electrons. The molecule has 0 spiro atoms. The molecule has 0 aliphatic carbocycles. The van der Waals surface area contributed by atoms with Gasteiger partial charge in [-0.05, 0) is 108 Å². The predicted molar refractivity (Wildman–Crippen MR) is 268 cm³/mol. The summed E-state index contributed by atoms with van der Waals surface area (Å²) in [6.07, 6.45) is 4.13. The van der Waals surface area contributed by atoms with E-state index in [2.05, 4.69) is 21.4 Å². The first kappa shape index (κ1) is 48.9. The van der Waals surface area contributed by atoms with Crippen LogP contribution in [0.4, 0.5) is 17.1 Å². The number of nitrogens with one attached hydrogen (secondary N) is 2. The van der Waals surface area contributed by atoms with Gasteiger partial charge in [-0.3, -0.25) is 43.5 Å². The Morgan fingerprint density at radius 3 is 2.07 bits per heavy atom. The van der Waals surface area contributed by atoms with E-state index >= 15 is 0 Å². The minimum Gasteiger partial charge on any atom is -0.493 e. The highest BCUT2D eigenvalue weighted by molar-refractivity contribution is 6.15. The molecule has 0 fully saturated rings. The Hall–Kier alpha value is -8.14. The van der Waals surface area contributed by atoms with Crippen LogP contribution in [0.15, 0.2) is 96.0 Å². The number of esters is 1. The van der Waals surface area contributed by atoms with Gasteiger partial charge in [-0.15, -0.1) is 0 Å². The van der Waals surface area contributed by atoms with E-state index in [4.69, 9.17) is 19.2 Å². The highest BCUT2D eigenvalue weighted by Crippen LogP contribution is 2.42. The van der Waals surface area contributed by atoms with Gasteiger partial charge in [-0.25, -0.2) is 0 Å². The van der Waals surface area contributed by atoms with Gasteiger partial charge in [0, 0.05) is 79.5 Å². The van der Waals surface area contributed by atoms with Crippen LogP contribution in [0.5, 0.6) is 17.2 Å². The van der Waals surface area contributed by atoms with Crippen LogP contribution >= 0.6 is 0 Å². The van der Waals surface area contributed by atoms with Gasteiger partial charge in [-0.2, -0.15) is 0 Å². The number of fused-ring (bicyclic) bond motifs is 8. The molecule has 9 rings (SSSR count). The number of hydrogen-bond acceptors (Lipinski definition) is 12. The third-order valence-corrected chi connectivity index (χ3v) is 13.5. The standard InChI is InChI=1S/C56H55N5O11/c1-33-20-44-45(58-29-41-25-38-9-5-7-11-47(38)61(41)56(44)68)28-49(33)71-31-34-21-35(23-39(22-34)48(63)15-17-53(65)59-30-42(62)14-16-52(64)57-19-18-54(66)70-3)32-72-51-26-36-12-13-40-24-37-8-4-6-10-46(37)60(40)55(67)43(36)27-50(51)69-2/h4-11,20-23,26-29,40-41H,12-19,24-25,30-32H2,1-3H3,(H,57,64)(H,59,65)/t40-,41+/m1/s1. The Balaban J connectivity index is 0.897. The lowest BCUT2D eigenvalue weighted by Gasteiger charge is -2.23. The number of benzene rings is 5. The van der Waals surface area contributed by atoms with Crippen molar-refractivity contribution in [2.75, 3.05) is 37.1 Å². The second kappa shape index (κ2) is 21.5. The van der Waals surface area contributed by atoms with Gasteiger partial charge >= 0.3 is 5.97 Å². The molecule has 16 nitrogen and oxygen atoms in total. The molecule has 72 heavy (non-hydrogen) atoms. The van der Waals surface area contributed by atoms with Crippen LogP contribution in [0.3, 0.4) is 0 Å². The fourth-order valence-electron chi connectivity index (χ4n) is 9.80. The molecule has 5 aromatic rings. The van der Waals surface area contributed by atoms with Crippen molar-refractivity contribution in [1.29, 1.82) is 0 Å². The van der Waals surface area contributed by atoms with Gasteiger partial charge in [0.1, 0.15) is 19.0 Å². The largest absolute Gasteiger partial charge is 0.493 e. The predicted octanol–water partition coefficient (Wildman–Crippen LogP) is 7.07. The number of amides is 4. The summed E-state index contributed by atoms with van der Waals surface area (Å²) in [6, 6.07) is 28.1. The fourth-order valence-corrected chi connectivity index (χ4v) is 9.80. The number of Topliss-reactive ketones (excluding diaryl/α,β-unsaturated/α-hetero) is 2. The van der Waals surface area contributed by atoms with E-state index in [0.29, 0.717) is 63.6 Å². The van der Waals surface area contributed by atoms with Gasteiger partial charge in [-0.1, -0.05) is 36.4 Å². The van der Waals surface area contributed by atoms with E-state index in [0.717, 1.165) is 46.5 Å². The SMILES string of the molecule is COC(=O)CCNC(=O)CCC(=O)CNC(=O)CCC(=O)c1cc(COc2cc3c(cc2C)C(=O)N2c4ccccc4C[C@H]2C=N3)cc(COc2cc3c(cc2OC)C(=O)N2c4ccccc4C[C@H]2CC3)c1. The van der Waals surface area contributed by atoms with Gasteiger partial charge in [0.05, 0.1) is 44.5 Å². The van der Waals surface area contributed by atoms with Crippen molar-refractivity contribution in [3.05, 3.63) is 141 Å². The van der Waals surface area contributed by atoms with E-state index in [1.807, 2.05) is 66.4 Å². The van der Waals surface area contributed by atoms with Crippen LogP contribution in [0.25, 0.3) is 0 Å². The van der Waals surface area contributed by atoms with Crippen LogP contribution in [0.1, 0.15) is 103 Å². The first-order valence-electron chi connectivity index (χ1n) is 24.1. The summed E-state index contributed by atoms with van der Waals surface area (Å²) < 4.78 is 23.2. The summed E-state index contributed by atoms with van der Waals surface area (Å²) in [7, 11) is 2.77. The lowest BCUT2D eigenvalue weighted by Crippen LogP contribution is -2.37. The molecule has 0 saturated heterocycles. The Kier molecular flexibility index (Phi) is 14.6. The van der Waals surface area contributed by atoms with Gasteiger partial charge in [0.15, 0.2) is 23.1 Å². The third kappa shape index (κ3) is 10.6. The van der Waals surface area contributed by atoms with Crippen LogP contribution in [-0.2, 0) is 56.4 Å². The van der Waals surface area contributed by atoms with Crippen molar-refractivity contribution in [2.24, 2.45) is 4.99 Å². The van der Waals surface area contributed by atoms with Crippen molar-refractivity contribution in [2.45, 2.75) is 90.0 Å². The minimum atomic E-state index is -0.509. The molecule has 0 saturated carbocycles. The zero-order chi connectivity index (χ0) is 50.5. The van der Waals surface area contributed by atoms with E-state index in [-0.39, 0.29) is 93.9 Å². The number of methoxy groups -OCH3 is 2. The summed E-state index contributed by atoms with van der Waals surface area (Å²) in [5.41, 5.74) is 8.73. The molecule has 2 atom stereocenters. The number of aliphatic imine (C=N–C) groups is 1. The smallest absolute Gasteiger partial charge is 0.307 e. The first-order chi connectivity index (χ1) is 34.9. The quantitative estimate of drug-likeness (QED) is 0.0634. The number of rotatable bonds is 19. The van der Waals surface area contributed by atoms with E-state index in [1.165, 1.54) is 14.2 Å². The zero-order valence-electron chi connectivity index (χ0n) is 40.4. The van der Waals surface area contributed by atoms with Gasteiger partial charge in [0.25, 0.3) is 11.8 Å². The molecule has 4 aliphatic heterocycles. The van der Waals surface area contributed by atoms with Crippen LogP contribution in [0.2, 0.25) is 0 Å². The molecule has 4 heterocycles. The molecule has 4 aliphatic rings. The number of ketones is 2. The van der Waals surface area contributed by atoms with Crippen molar-refractivity contribution >= 4 is 64.4 Å². The van der Waals surface area contributed by atoms with Crippen LogP contribution in [0, 0.1) is 6.92 Å². The fraction of sp³-hybridized carbons (Fsp3) is 0.321. The number of carbonyl (C=O) groups is 7. The normalized spacial score (nSPS) is 15.9. The third-order valence-electron chi connectivity index (χ3n) is 13.5. The molecular weight excluding hydrogens is 919 g/mol. The molecule has 2 N–H and O–H groups in total. The number of para-hydroxylation sites is 2. The van der Waals surface area contributed by atoms with Crippen molar-refractivity contribution < 1.29 is 52.5 Å². The maximum absolute atomic E-state index is 14.1. The summed E-state index contributed by atoms with van der Waals surface area (Å²) in [6.45, 7) is 1.69. The van der Waals surface area contributed by atoms with Crippen molar-refractivity contribution in [1.82, 2.24) is 10.6 Å². The minimum absolute atomic E-state index is 0.00757. The zero-order valence-corrected chi connectivity index (χ0v) is 40.4. The molecule has 0 bridgehead atoms. The Bertz CT molecular complexity index is 3040. The topological polar surface area (TPSA) is 199 Å². The summed E-state index contributed by atoms with van der Waals surface area (Å²) >= 11 is 0. The monoisotopic (exact) mass is 973 g/mol. The summed E-state index contributed by atoms with van der Waals surface area (Å²) in [5, 5.41) is 5.08. The summed E-state index contributed by atoms with van der Waals surface area (Å²) in [5.74, 6) is -0.972. The van der Waals surface area contributed by atoms with Crippen LogP contribution in [-0.4, -0.2) is 86.8 Å². The number of hydrogen-bond donors (Lipinski definition) is 2. The molecule has 0 unspecified atom stereocenters. The molecule has 0 radical (unpaired) electrons. The van der Waals surface area contributed by atoms with E-state index < -0.39 is 17.8 Å². The average molecular weight is 974 g/mol. The van der Waals surface area contributed by atoms with Crippen molar-refractivity contribution in [3.63, 3.8) is 0 Å². The molecule has 16 heteroatoms. The maximum Gasteiger partial charge on any atom is 0.307 e. The Morgan fingerprint density at radius 1 is 0.667 bits per heavy atom. The second-order valence-corrected chi connectivity index (χ2v) is 18.4. The number of nitrogens with zero attached hydrogens (tertiary/aromatic N) is 3. The van der Waals surface area contributed by atoms with Gasteiger partial charge < -0.3 is 34.5 Å². The number of aryl methyl sites for hydroxylation is 2. The maximum atomic E-state index is 14.1. The van der Waals surface area contributed by atoms with Crippen LogP contribution < -0.4 is 34.6 Å². The number of carbonyl (C=O) groups excluding carboxylic acids is 7. The number of anilines is 2. The second-order valence-electron chi connectivity index (χ2n) is 18.4. The number of ether oxygens (including phenoxy) is 4. The Labute approximate surface area is 416 Å². The van der Waals surface area contributed by atoms with E-state index in [9.17, 15) is 33.6 Å². The molecule has 4 amide bonds. The lowest BCUT2D eigenvalue weighted by molar-refractivity contribution is -0.140. The first-order valence-corrected chi connectivity index (χ1v) is 24.1. The van der Waals surface area contributed by atoms with Gasteiger partial charge in [0.2, 0.25) is 11.8 Å². The highest BCUT2D eigenvalue weighted by atomic mass is 16.5. The summed E-state index contributed by atoms with van der Waals surface area (Å²) in [4.78, 5) is 99.1. The highest BCUT2D eigenvalue weighted by Gasteiger charge is 2.38.